The van der Waals surface area contributed by atoms with E-state index in [4.69, 9.17) is 5.11 Å². The lowest BCUT2D eigenvalue weighted by molar-refractivity contribution is -0.121. The zero-order chi connectivity index (χ0) is 14.6. The average Bonchev–Trinajstić information content (AvgIpc) is 2.71. The van der Waals surface area contributed by atoms with Gasteiger partial charge in [0.15, 0.2) is 9.84 Å². The van der Waals surface area contributed by atoms with E-state index in [1.165, 1.54) is 0 Å². The Morgan fingerprint density at radius 3 is 2.60 bits per heavy atom. The molecule has 0 bridgehead atoms. The largest absolute Gasteiger partial charge is 0.508 e. The van der Waals surface area contributed by atoms with E-state index < -0.39 is 9.84 Å². The minimum Gasteiger partial charge on any atom is -0.508 e. The third-order valence-electron chi connectivity index (χ3n) is 3.47. The summed E-state index contributed by atoms with van der Waals surface area (Å²) in [5.74, 6) is 0.441. The summed E-state index contributed by atoms with van der Waals surface area (Å²) >= 11 is 0. The summed E-state index contributed by atoms with van der Waals surface area (Å²) in [6, 6.07) is 6.84. The molecule has 1 aliphatic rings. The predicted molar refractivity (Wildman–Crippen MR) is 76.2 cm³/mol. The van der Waals surface area contributed by atoms with Crippen molar-refractivity contribution >= 4 is 15.7 Å². The number of amides is 1. The normalized spacial score (nSPS) is 20.7. The highest BCUT2D eigenvalue weighted by Crippen LogP contribution is 2.21. The molecule has 0 radical (unpaired) electrons. The molecule has 0 aromatic heterocycles. The molecule has 110 valence electrons. The highest BCUT2D eigenvalue weighted by molar-refractivity contribution is 7.91. The average molecular weight is 297 g/mol. The molecule has 5 nitrogen and oxygen atoms in total. The number of carbonyl (C=O) groups is 1. The summed E-state index contributed by atoms with van der Waals surface area (Å²) in [6.07, 6.45) is 1.57. The topological polar surface area (TPSA) is 83.5 Å². The summed E-state index contributed by atoms with van der Waals surface area (Å²) in [4.78, 5) is 11.7. The van der Waals surface area contributed by atoms with Crippen LogP contribution in [0.2, 0.25) is 0 Å². The van der Waals surface area contributed by atoms with Crippen LogP contribution in [0.15, 0.2) is 24.3 Å². The number of benzene rings is 1. The number of phenols is 1. The van der Waals surface area contributed by atoms with Crippen molar-refractivity contribution in [2.24, 2.45) is 5.92 Å². The van der Waals surface area contributed by atoms with Gasteiger partial charge in [-0.25, -0.2) is 8.42 Å². The van der Waals surface area contributed by atoms with E-state index >= 15 is 0 Å². The van der Waals surface area contributed by atoms with Gasteiger partial charge in [-0.1, -0.05) is 12.1 Å². The Bertz CT molecular complexity index is 565. The SMILES string of the molecule is O=C(CC1CCS(=O)(=O)C1)NCCc1ccc(O)cc1. The number of phenolic OH excluding ortho intramolecular Hbond substituents is 1. The number of carbonyl (C=O) groups excluding carboxylic acids is 1. The maximum Gasteiger partial charge on any atom is 0.220 e. The molecule has 0 aliphatic carbocycles. The maximum absolute atomic E-state index is 11.7. The van der Waals surface area contributed by atoms with Crippen LogP contribution < -0.4 is 5.32 Å². The van der Waals surface area contributed by atoms with Crippen LogP contribution in [0.1, 0.15) is 18.4 Å². The van der Waals surface area contributed by atoms with Crippen LogP contribution in [0, 0.1) is 5.92 Å². The third-order valence-corrected chi connectivity index (χ3v) is 5.31. The van der Waals surface area contributed by atoms with Crippen LogP contribution in [-0.2, 0) is 21.1 Å². The molecular formula is C14H19NO4S. The quantitative estimate of drug-likeness (QED) is 0.845. The highest BCUT2D eigenvalue weighted by Gasteiger charge is 2.29. The summed E-state index contributed by atoms with van der Waals surface area (Å²) in [5.41, 5.74) is 1.03. The summed E-state index contributed by atoms with van der Waals surface area (Å²) in [7, 11) is -2.91. The van der Waals surface area contributed by atoms with Gasteiger partial charge in [0.05, 0.1) is 11.5 Å². The molecule has 1 aromatic carbocycles. The van der Waals surface area contributed by atoms with Gasteiger partial charge in [0, 0.05) is 13.0 Å². The predicted octanol–water partition coefficient (Wildman–Crippen LogP) is 0.876. The van der Waals surface area contributed by atoms with Crippen molar-refractivity contribution in [2.75, 3.05) is 18.1 Å². The number of hydrogen-bond donors (Lipinski definition) is 2. The maximum atomic E-state index is 11.7. The minimum atomic E-state index is -2.91. The van der Waals surface area contributed by atoms with Gasteiger partial charge in [-0.3, -0.25) is 4.79 Å². The van der Waals surface area contributed by atoms with Crippen molar-refractivity contribution in [3.8, 4) is 5.75 Å². The monoisotopic (exact) mass is 297 g/mol. The van der Waals surface area contributed by atoms with E-state index in [2.05, 4.69) is 5.32 Å². The molecule has 6 heteroatoms. The molecule has 1 amide bonds. The Balaban J connectivity index is 1.69. The first-order chi connectivity index (χ1) is 9.44. The molecule has 2 rings (SSSR count). The third kappa shape index (κ3) is 4.52. The van der Waals surface area contributed by atoms with E-state index in [-0.39, 0.29) is 35.5 Å². The first kappa shape index (κ1) is 14.8. The molecule has 2 N–H and O–H groups in total. The van der Waals surface area contributed by atoms with Crippen molar-refractivity contribution in [1.82, 2.24) is 5.32 Å². The molecule has 1 aromatic rings. The zero-order valence-corrected chi connectivity index (χ0v) is 12.0. The van der Waals surface area contributed by atoms with Gasteiger partial charge < -0.3 is 10.4 Å². The van der Waals surface area contributed by atoms with E-state index in [0.29, 0.717) is 19.4 Å². The Labute approximate surface area is 118 Å². The van der Waals surface area contributed by atoms with Gasteiger partial charge in [0.1, 0.15) is 5.75 Å². The van der Waals surface area contributed by atoms with Crippen LogP contribution in [-0.4, -0.2) is 37.5 Å². The van der Waals surface area contributed by atoms with Gasteiger partial charge in [0.25, 0.3) is 0 Å². The standard InChI is InChI=1S/C14H19NO4S/c16-13-3-1-11(2-4-13)5-7-15-14(17)9-12-6-8-20(18,19)10-12/h1-4,12,16H,5-10H2,(H,15,17). The fraction of sp³-hybridized carbons (Fsp3) is 0.500. The van der Waals surface area contributed by atoms with Crippen molar-refractivity contribution < 1.29 is 18.3 Å². The van der Waals surface area contributed by atoms with Crippen molar-refractivity contribution in [2.45, 2.75) is 19.3 Å². The van der Waals surface area contributed by atoms with Crippen molar-refractivity contribution in [1.29, 1.82) is 0 Å². The highest BCUT2D eigenvalue weighted by atomic mass is 32.2. The summed E-state index contributed by atoms with van der Waals surface area (Å²) in [5, 5.41) is 12.0. The van der Waals surface area contributed by atoms with Gasteiger partial charge >= 0.3 is 0 Å². The van der Waals surface area contributed by atoms with Crippen molar-refractivity contribution in [3.05, 3.63) is 29.8 Å². The fourth-order valence-corrected chi connectivity index (χ4v) is 4.24. The van der Waals surface area contributed by atoms with Gasteiger partial charge in [-0.05, 0) is 36.5 Å². The molecular weight excluding hydrogens is 278 g/mol. The molecule has 1 atom stereocenters. The minimum absolute atomic E-state index is 0.0336. The number of rotatable bonds is 5. The summed E-state index contributed by atoms with van der Waals surface area (Å²) in [6.45, 7) is 0.517. The van der Waals surface area contributed by atoms with Gasteiger partial charge in [-0.15, -0.1) is 0 Å². The molecule has 1 fully saturated rings. The Hall–Kier alpha value is -1.56. The van der Waals surface area contributed by atoms with Crippen LogP contribution in [0.25, 0.3) is 0 Å². The lowest BCUT2D eigenvalue weighted by atomic mass is 10.0. The molecule has 0 saturated carbocycles. The lowest BCUT2D eigenvalue weighted by Crippen LogP contribution is -2.27. The van der Waals surface area contributed by atoms with Gasteiger partial charge in [0.2, 0.25) is 5.91 Å². The van der Waals surface area contributed by atoms with Crippen molar-refractivity contribution in [3.63, 3.8) is 0 Å². The van der Waals surface area contributed by atoms with E-state index in [0.717, 1.165) is 5.56 Å². The number of sulfone groups is 1. The van der Waals surface area contributed by atoms with E-state index in [9.17, 15) is 13.2 Å². The molecule has 1 aliphatic heterocycles. The molecule has 1 heterocycles. The van der Waals surface area contributed by atoms with Gasteiger partial charge in [-0.2, -0.15) is 0 Å². The molecule has 1 unspecified atom stereocenters. The smallest absolute Gasteiger partial charge is 0.220 e. The van der Waals surface area contributed by atoms with Crippen LogP contribution in [0.4, 0.5) is 0 Å². The second-order valence-corrected chi connectivity index (χ2v) is 7.47. The van der Waals surface area contributed by atoms with Crippen LogP contribution in [0.3, 0.4) is 0 Å². The second kappa shape index (κ2) is 6.26. The first-order valence-electron chi connectivity index (χ1n) is 6.70. The number of hydrogen-bond acceptors (Lipinski definition) is 4. The zero-order valence-electron chi connectivity index (χ0n) is 11.2. The van der Waals surface area contributed by atoms with E-state index in [1.54, 1.807) is 12.1 Å². The Morgan fingerprint density at radius 1 is 1.30 bits per heavy atom. The van der Waals surface area contributed by atoms with Crippen LogP contribution >= 0.6 is 0 Å². The number of nitrogens with one attached hydrogen (secondary N) is 1. The molecule has 0 spiro atoms. The van der Waals surface area contributed by atoms with Crippen LogP contribution in [0.5, 0.6) is 5.75 Å². The second-order valence-electron chi connectivity index (χ2n) is 5.24. The first-order valence-corrected chi connectivity index (χ1v) is 8.52. The van der Waals surface area contributed by atoms with E-state index in [1.807, 2.05) is 12.1 Å². The fourth-order valence-electron chi connectivity index (χ4n) is 2.38. The molecule has 20 heavy (non-hydrogen) atoms. The summed E-state index contributed by atoms with van der Waals surface area (Å²) < 4.78 is 22.6. The Morgan fingerprint density at radius 2 is 2.00 bits per heavy atom. The number of aromatic hydroxyl groups is 1. The Kier molecular flexibility index (Phi) is 4.65. The lowest BCUT2D eigenvalue weighted by Gasteiger charge is -2.08. The molecule has 1 saturated heterocycles.